The van der Waals surface area contributed by atoms with Gasteiger partial charge in [0.2, 0.25) is 5.78 Å². The summed E-state index contributed by atoms with van der Waals surface area (Å²) in [6.45, 7) is 4.32. The summed E-state index contributed by atoms with van der Waals surface area (Å²) >= 11 is 0. The van der Waals surface area contributed by atoms with Gasteiger partial charge < -0.3 is 14.5 Å². The van der Waals surface area contributed by atoms with E-state index in [1.807, 2.05) is 18.2 Å². The number of carbonyl (C=O) groups is 3. The smallest absolute Gasteiger partial charge is 0.291 e. The second-order valence-electron chi connectivity index (χ2n) is 7.46. The Kier molecular flexibility index (Phi) is 5.78. The Balaban J connectivity index is 1.64. The Labute approximate surface area is 169 Å². The number of Topliss-reactive ketones (excluding diaryl/α,β-unsaturated/α-hetero) is 2. The van der Waals surface area contributed by atoms with Gasteiger partial charge in [-0.1, -0.05) is 30.3 Å². The minimum atomic E-state index is -1.03. The summed E-state index contributed by atoms with van der Waals surface area (Å²) in [6, 6.07) is 11.8. The second kappa shape index (κ2) is 8.63. The number of H-pyrrole nitrogens is 1. The van der Waals surface area contributed by atoms with Gasteiger partial charge in [0, 0.05) is 17.2 Å². The van der Waals surface area contributed by atoms with Crippen molar-refractivity contribution < 1.29 is 29.0 Å². The molecule has 0 saturated carbocycles. The van der Waals surface area contributed by atoms with Gasteiger partial charge in [0.1, 0.15) is 19.0 Å². The molecular weight excluding hydrogens is 370 g/mol. The lowest BCUT2D eigenvalue weighted by atomic mass is 9.87. The van der Waals surface area contributed by atoms with Gasteiger partial charge in [-0.05, 0) is 6.07 Å². The van der Waals surface area contributed by atoms with E-state index in [4.69, 9.17) is 4.74 Å². The lowest BCUT2D eigenvalue weighted by Crippen LogP contribution is -3.14. The van der Waals surface area contributed by atoms with Crippen LogP contribution in [0, 0.1) is 5.92 Å². The van der Waals surface area contributed by atoms with E-state index in [2.05, 4.69) is 4.98 Å². The monoisotopic (exact) mass is 395 g/mol. The first-order valence-electron chi connectivity index (χ1n) is 9.98. The number of carbonyl (C=O) groups excluding carboxylic acids is 3. The molecule has 2 aromatic rings. The largest absolute Gasteiger partial charge is 0.370 e. The molecule has 29 heavy (non-hydrogen) atoms. The van der Waals surface area contributed by atoms with Crippen LogP contribution in [-0.2, 0) is 14.3 Å². The Morgan fingerprint density at radius 2 is 1.86 bits per heavy atom. The fourth-order valence-corrected chi connectivity index (χ4v) is 4.16. The van der Waals surface area contributed by atoms with E-state index in [1.165, 1.54) is 4.90 Å². The molecule has 2 unspecified atom stereocenters. The SMILES string of the molecule is O=C1C(=O)N(CC[NH+]2CCOCC2)C(c2ccc[nH+]c2)C1C(=O)c1ccccc1. The van der Waals surface area contributed by atoms with E-state index in [1.54, 1.807) is 41.6 Å². The van der Waals surface area contributed by atoms with Gasteiger partial charge >= 0.3 is 0 Å². The lowest BCUT2D eigenvalue weighted by Gasteiger charge is -2.29. The molecule has 0 spiro atoms. The number of nitrogens with zero attached hydrogens (tertiary/aromatic N) is 1. The van der Waals surface area contributed by atoms with Gasteiger partial charge in [-0.15, -0.1) is 0 Å². The predicted octanol–water partition coefficient (Wildman–Crippen LogP) is -0.633. The molecule has 2 saturated heterocycles. The van der Waals surface area contributed by atoms with Crippen molar-refractivity contribution in [1.82, 2.24) is 4.90 Å². The summed E-state index contributed by atoms with van der Waals surface area (Å²) in [5.41, 5.74) is 1.21. The van der Waals surface area contributed by atoms with E-state index in [0.29, 0.717) is 25.3 Å². The van der Waals surface area contributed by atoms with Crippen LogP contribution < -0.4 is 9.88 Å². The highest BCUT2D eigenvalue weighted by molar-refractivity contribution is 6.44. The van der Waals surface area contributed by atoms with Crippen molar-refractivity contribution in [3.8, 4) is 0 Å². The van der Waals surface area contributed by atoms with Crippen LogP contribution in [-0.4, -0.2) is 61.8 Å². The van der Waals surface area contributed by atoms with Crippen LogP contribution in [0.1, 0.15) is 22.0 Å². The van der Waals surface area contributed by atoms with Crippen molar-refractivity contribution in [2.75, 3.05) is 39.4 Å². The van der Waals surface area contributed by atoms with Crippen molar-refractivity contribution in [2.45, 2.75) is 6.04 Å². The fourth-order valence-electron chi connectivity index (χ4n) is 4.16. The van der Waals surface area contributed by atoms with Crippen LogP contribution in [0.25, 0.3) is 0 Å². The molecule has 2 aliphatic rings. The molecule has 150 valence electrons. The third-order valence-electron chi connectivity index (χ3n) is 5.73. The van der Waals surface area contributed by atoms with E-state index in [-0.39, 0.29) is 5.78 Å². The molecule has 7 heteroatoms. The Hall–Kier alpha value is -2.90. The van der Waals surface area contributed by atoms with Crippen LogP contribution in [0.3, 0.4) is 0 Å². The molecule has 2 atom stereocenters. The number of likely N-dealkylation sites (tertiary alicyclic amines) is 1. The normalized spacial score (nSPS) is 22.8. The molecule has 2 fully saturated rings. The van der Waals surface area contributed by atoms with Gasteiger partial charge in [-0.3, -0.25) is 14.4 Å². The van der Waals surface area contributed by atoms with Crippen molar-refractivity contribution in [2.24, 2.45) is 5.92 Å². The van der Waals surface area contributed by atoms with Crippen molar-refractivity contribution in [3.05, 3.63) is 66.0 Å². The molecule has 1 amide bonds. The van der Waals surface area contributed by atoms with Gasteiger partial charge in [0.15, 0.2) is 18.2 Å². The molecule has 3 heterocycles. The van der Waals surface area contributed by atoms with Gasteiger partial charge in [0.05, 0.1) is 32.3 Å². The Morgan fingerprint density at radius 3 is 2.55 bits per heavy atom. The number of amides is 1. The molecule has 2 aliphatic heterocycles. The number of ether oxygens (including phenoxy) is 1. The number of rotatable bonds is 6. The highest BCUT2D eigenvalue weighted by Crippen LogP contribution is 2.37. The zero-order valence-electron chi connectivity index (χ0n) is 16.2. The summed E-state index contributed by atoms with van der Waals surface area (Å²) in [4.78, 5) is 44.9. The molecule has 1 aromatic heterocycles. The summed E-state index contributed by atoms with van der Waals surface area (Å²) in [6.07, 6.45) is 3.52. The third-order valence-corrected chi connectivity index (χ3v) is 5.73. The maximum Gasteiger partial charge on any atom is 0.291 e. The minimum Gasteiger partial charge on any atom is -0.370 e. The zero-order chi connectivity index (χ0) is 20.2. The number of hydrogen-bond acceptors (Lipinski definition) is 4. The summed E-state index contributed by atoms with van der Waals surface area (Å²) in [7, 11) is 0. The first-order valence-corrected chi connectivity index (χ1v) is 9.98. The standard InChI is InChI=1S/C22H23N3O4/c26-20(16-5-2-1-3-6-16)18-19(17-7-4-8-23-15-17)25(22(28)21(18)27)10-9-24-11-13-29-14-12-24/h1-8,15,18-19H,9-14H2/p+2. The number of nitrogens with one attached hydrogen (secondary N) is 2. The van der Waals surface area contributed by atoms with Crippen LogP contribution in [0.15, 0.2) is 54.9 Å². The number of pyridine rings is 1. The molecule has 1 aromatic carbocycles. The number of ketones is 2. The number of hydrogen-bond donors (Lipinski definition) is 1. The summed E-state index contributed by atoms with van der Waals surface area (Å²) in [5, 5.41) is 0. The van der Waals surface area contributed by atoms with Crippen LogP contribution in [0.5, 0.6) is 0 Å². The van der Waals surface area contributed by atoms with E-state index in [0.717, 1.165) is 25.2 Å². The fraction of sp³-hybridized carbons (Fsp3) is 0.364. The first kappa shape index (κ1) is 19.4. The highest BCUT2D eigenvalue weighted by Gasteiger charge is 2.52. The third kappa shape index (κ3) is 3.97. The molecule has 0 aliphatic carbocycles. The molecular formula is C22H25N3O4+2. The van der Waals surface area contributed by atoms with Crippen LogP contribution in [0.2, 0.25) is 0 Å². The van der Waals surface area contributed by atoms with Gasteiger partial charge in [-0.25, -0.2) is 4.98 Å². The Bertz CT molecular complexity index is 881. The maximum absolute atomic E-state index is 13.2. The van der Waals surface area contributed by atoms with Gasteiger partial charge in [-0.2, -0.15) is 0 Å². The average molecular weight is 395 g/mol. The molecule has 0 radical (unpaired) electrons. The Morgan fingerprint density at radius 1 is 1.10 bits per heavy atom. The highest BCUT2D eigenvalue weighted by atomic mass is 16.5. The van der Waals surface area contributed by atoms with Gasteiger partial charge in [0.25, 0.3) is 5.91 Å². The topological polar surface area (TPSA) is 82.3 Å². The van der Waals surface area contributed by atoms with E-state index >= 15 is 0 Å². The van der Waals surface area contributed by atoms with Crippen molar-refractivity contribution in [3.63, 3.8) is 0 Å². The number of benzene rings is 1. The molecule has 4 rings (SSSR count). The van der Waals surface area contributed by atoms with E-state index < -0.39 is 23.7 Å². The van der Waals surface area contributed by atoms with Crippen molar-refractivity contribution >= 4 is 17.5 Å². The van der Waals surface area contributed by atoms with E-state index in [9.17, 15) is 14.4 Å². The number of quaternary nitrogens is 1. The average Bonchev–Trinajstić information content (AvgIpc) is 3.04. The number of aromatic amines is 1. The first-order chi connectivity index (χ1) is 14.2. The quantitative estimate of drug-likeness (QED) is 0.401. The van der Waals surface area contributed by atoms with Crippen molar-refractivity contribution in [1.29, 1.82) is 0 Å². The summed E-state index contributed by atoms with van der Waals surface area (Å²) in [5.74, 6) is -2.52. The number of morpholine rings is 1. The zero-order valence-corrected chi connectivity index (χ0v) is 16.2. The maximum atomic E-state index is 13.2. The second-order valence-corrected chi connectivity index (χ2v) is 7.46. The lowest BCUT2D eigenvalue weighted by molar-refractivity contribution is -0.907. The summed E-state index contributed by atoms with van der Waals surface area (Å²) < 4.78 is 5.39. The van der Waals surface area contributed by atoms with Crippen LogP contribution >= 0.6 is 0 Å². The molecule has 2 N–H and O–H groups in total. The molecule has 0 bridgehead atoms. The van der Waals surface area contributed by atoms with Crippen LogP contribution in [0.4, 0.5) is 0 Å². The predicted molar refractivity (Wildman–Crippen MR) is 103 cm³/mol. The molecule has 7 nitrogen and oxygen atoms in total. The number of aromatic nitrogens is 1. The minimum absolute atomic E-state index is 0.306.